The fraction of sp³-hybridized carbons (Fsp3) is 0.455. The summed E-state index contributed by atoms with van der Waals surface area (Å²) in [5.74, 6) is 0. The van der Waals surface area contributed by atoms with Gasteiger partial charge >= 0.3 is 0 Å². The highest BCUT2D eigenvalue weighted by Gasteiger charge is 2.24. The van der Waals surface area contributed by atoms with E-state index < -0.39 is 10.0 Å². The van der Waals surface area contributed by atoms with Crippen LogP contribution in [0, 0.1) is 0 Å². The summed E-state index contributed by atoms with van der Waals surface area (Å²) in [6, 6.07) is 5.09. The van der Waals surface area contributed by atoms with Crippen molar-refractivity contribution in [1.29, 1.82) is 0 Å². The zero-order valence-corrected chi connectivity index (χ0v) is 13.8. The maximum absolute atomic E-state index is 12.4. The predicted molar refractivity (Wildman–Crippen MR) is 76.6 cm³/mol. The summed E-state index contributed by atoms with van der Waals surface area (Å²) in [6.45, 7) is 4.84. The molecule has 0 saturated carbocycles. The summed E-state index contributed by atoms with van der Waals surface area (Å²) in [7, 11) is -3.40. The Balaban J connectivity index is 3.20. The van der Waals surface area contributed by atoms with Crippen molar-refractivity contribution in [3.8, 4) is 0 Å². The van der Waals surface area contributed by atoms with Gasteiger partial charge in [0.1, 0.15) is 0 Å². The van der Waals surface area contributed by atoms with Crippen LogP contribution in [-0.2, 0) is 10.0 Å². The van der Waals surface area contributed by atoms with Crippen molar-refractivity contribution in [3.63, 3.8) is 0 Å². The maximum atomic E-state index is 12.4. The first kappa shape index (κ1) is 15.1. The van der Waals surface area contributed by atoms with Crippen molar-refractivity contribution in [3.05, 3.63) is 27.1 Å². The van der Waals surface area contributed by atoms with Gasteiger partial charge in [-0.2, -0.15) is 4.31 Å². The first-order chi connectivity index (χ1) is 7.93. The Bertz CT molecular complexity index is 488. The van der Waals surface area contributed by atoms with Crippen molar-refractivity contribution < 1.29 is 8.42 Å². The molecule has 0 unspecified atom stereocenters. The number of hydrogen-bond donors (Lipinski definition) is 0. The molecule has 1 rings (SSSR count). The molecule has 0 N–H and O–H groups in total. The third-order valence-electron chi connectivity index (χ3n) is 2.34. The van der Waals surface area contributed by atoms with Gasteiger partial charge in [0.05, 0.1) is 4.90 Å². The molecular formula is C11H15Br2NO2S. The maximum Gasteiger partial charge on any atom is 0.244 e. The van der Waals surface area contributed by atoms with Gasteiger partial charge in [0.25, 0.3) is 0 Å². The number of benzene rings is 1. The Morgan fingerprint density at radius 2 is 1.88 bits per heavy atom. The van der Waals surface area contributed by atoms with E-state index in [1.165, 1.54) is 4.31 Å². The fourth-order valence-electron chi connectivity index (χ4n) is 1.52. The van der Waals surface area contributed by atoms with Crippen molar-refractivity contribution in [2.75, 3.05) is 13.1 Å². The molecule has 6 heteroatoms. The van der Waals surface area contributed by atoms with Crippen LogP contribution in [0.15, 0.2) is 32.0 Å². The van der Waals surface area contributed by atoms with E-state index in [0.717, 1.165) is 10.9 Å². The van der Waals surface area contributed by atoms with Gasteiger partial charge in [-0.3, -0.25) is 0 Å². The van der Waals surface area contributed by atoms with Gasteiger partial charge < -0.3 is 0 Å². The van der Waals surface area contributed by atoms with Gasteiger partial charge in [-0.05, 0) is 40.5 Å². The van der Waals surface area contributed by atoms with Gasteiger partial charge in [-0.25, -0.2) is 8.42 Å². The fourth-order valence-corrected chi connectivity index (χ4v) is 4.77. The monoisotopic (exact) mass is 383 g/mol. The molecule has 0 radical (unpaired) electrons. The summed E-state index contributed by atoms with van der Waals surface area (Å²) < 4.78 is 27.7. The highest BCUT2D eigenvalue weighted by molar-refractivity contribution is 9.11. The van der Waals surface area contributed by atoms with Crippen molar-refractivity contribution in [2.24, 2.45) is 0 Å². The second-order valence-corrected chi connectivity index (χ2v) is 7.25. The zero-order valence-electron chi connectivity index (χ0n) is 9.78. The van der Waals surface area contributed by atoms with Crippen LogP contribution in [0.2, 0.25) is 0 Å². The minimum atomic E-state index is -3.40. The van der Waals surface area contributed by atoms with E-state index in [2.05, 4.69) is 31.9 Å². The van der Waals surface area contributed by atoms with Gasteiger partial charge in [0, 0.05) is 22.0 Å². The van der Waals surface area contributed by atoms with E-state index in [1.54, 1.807) is 18.2 Å². The largest absolute Gasteiger partial charge is 0.244 e. The molecule has 0 aromatic heterocycles. The molecule has 0 spiro atoms. The van der Waals surface area contributed by atoms with Crippen LogP contribution in [0.3, 0.4) is 0 Å². The highest BCUT2D eigenvalue weighted by atomic mass is 79.9. The second-order valence-electron chi connectivity index (χ2n) is 3.57. The lowest BCUT2D eigenvalue weighted by Crippen LogP contribution is -2.31. The van der Waals surface area contributed by atoms with E-state index in [-0.39, 0.29) is 0 Å². The first-order valence-corrected chi connectivity index (χ1v) is 8.41. The van der Waals surface area contributed by atoms with Crippen LogP contribution in [0.5, 0.6) is 0 Å². The molecule has 0 aliphatic heterocycles. The lowest BCUT2D eigenvalue weighted by molar-refractivity contribution is 0.427. The van der Waals surface area contributed by atoms with Crippen LogP contribution in [0.25, 0.3) is 0 Å². The topological polar surface area (TPSA) is 37.4 Å². The molecule has 1 aromatic carbocycles. The number of sulfonamides is 1. The summed E-state index contributed by atoms with van der Waals surface area (Å²) >= 11 is 6.61. The standard InChI is InChI=1S/C11H15Br2NO2S/c1-3-7-14(4-2)17(15,16)11-6-5-9(12)8-10(11)13/h5-6,8H,3-4,7H2,1-2H3. The molecule has 1 aromatic rings. The number of nitrogens with zero attached hydrogens (tertiary/aromatic N) is 1. The Hall–Kier alpha value is 0.0900. The molecule has 17 heavy (non-hydrogen) atoms. The van der Waals surface area contributed by atoms with E-state index >= 15 is 0 Å². The summed E-state index contributed by atoms with van der Waals surface area (Å²) in [5, 5.41) is 0. The van der Waals surface area contributed by atoms with Crippen LogP contribution in [0.4, 0.5) is 0 Å². The van der Waals surface area contributed by atoms with E-state index in [4.69, 9.17) is 0 Å². The SMILES string of the molecule is CCCN(CC)S(=O)(=O)c1ccc(Br)cc1Br. The molecule has 0 atom stereocenters. The van der Waals surface area contributed by atoms with Crippen LogP contribution in [0.1, 0.15) is 20.3 Å². The van der Waals surface area contributed by atoms with E-state index in [9.17, 15) is 8.42 Å². The minimum Gasteiger partial charge on any atom is -0.207 e. The van der Waals surface area contributed by atoms with Crippen LogP contribution >= 0.6 is 31.9 Å². The zero-order chi connectivity index (χ0) is 13.1. The Morgan fingerprint density at radius 1 is 1.24 bits per heavy atom. The van der Waals surface area contributed by atoms with Crippen LogP contribution < -0.4 is 0 Å². The van der Waals surface area contributed by atoms with Gasteiger partial charge in [-0.1, -0.05) is 29.8 Å². The van der Waals surface area contributed by atoms with Gasteiger partial charge in [-0.15, -0.1) is 0 Å². The lowest BCUT2D eigenvalue weighted by atomic mass is 10.4. The average Bonchev–Trinajstić information content (AvgIpc) is 2.24. The molecule has 0 saturated heterocycles. The Morgan fingerprint density at radius 3 is 2.35 bits per heavy atom. The molecule has 0 heterocycles. The number of rotatable bonds is 5. The average molecular weight is 385 g/mol. The quantitative estimate of drug-likeness (QED) is 0.777. The smallest absolute Gasteiger partial charge is 0.207 e. The minimum absolute atomic E-state index is 0.316. The summed E-state index contributed by atoms with van der Waals surface area (Å²) in [5.41, 5.74) is 0. The predicted octanol–water partition coefficient (Wildman–Crippen LogP) is 3.63. The molecule has 0 bridgehead atoms. The third-order valence-corrected chi connectivity index (χ3v) is 5.78. The Kier molecular flexibility index (Phi) is 5.63. The molecule has 96 valence electrons. The summed E-state index contributed by atoms with van der Waals surface area (Å²) in [4.78, 5) is 0.316. The van der Waals surface area contributed by atoms with Gasteiger partial charge in [0.2, 0.25) is 10.0 Å². The Labute approximate surface area is 120 Å². The number of hydrogen-bond acceptors (Lipinski definition) is 2. The molecule has 0 amide bonds. The van der Waals surface area contributed by atoms with Gasteiger partial charge in [0.15, 0.2) is 0 Å². The third kappa shape index (κ3) is 3.53. The van der Waals surface area contributed by atoms with E-state index in [0.29, 0.717) is 22.5 Å². The highest BCUT2D eigenvalue weighted by Crippen LogP contribution is 2.28. The molecule has 0 fully saturated rings. The lowest BCUT2D eigenvalue weighted by Gasteiger charge is -2.20. The first-order valence-electron chi connectivity index (χ1n) is 5.38. The van der Waals surface area contributed by atoms with Crippen molar-refractivity contribution in [2.45, 2.75) is 25.2 Å². The summed E-state index contributed by atoms with van der Waals surface area (Å²) in [6.07, 6.45) is 0.807. The van der Waals surface area contributed by atoms with Crippen LogP contribution in [-0.4, -0.2) is 25.8 Å². The number of halogens is 2. The van der Waals surface area contributed by atoms with Crippen molar-refractivity contribution in [1.82, 2.24) is 4.31 Å². The second kappa shape index (κ2) is 6.31. The molecular weight excluding hydrogens is 370 g/mol. The molecule has 0 aliphatic rings. The molecule has 0 aliphatic carbocycles. The normalized spacial score (nSPS) is 12.1. The van der Waals surface area contributed by atoms with E-state index in [1.807, 2.05) is 13.8 Å². The van der Waals surface area contributed by atoms with Crippen molar-refractivity contribution >= 4 is 41.9 Å². The molecule has 3 nitrogen and oxygen atoms in total.